The van der Waals surface area contributed by atoms with Crippen LogP contribution in [0.1, 0.15) is 40.2 Å². The molecule has 7 nitrogen and oxygen atoms in total. The lowest BCUT2D eigenvalue weighted by Gasteiger charge is -2.32. The van der Waals surface area contributed by atoms with Gasteiger partial charge in [0.25, 0.3) is 5.91 Å². The normalized spacial score (nSPS) is 14.8. The Labute approximate surface area is 177 Å². The van der Waals surface area contributed by atoms with Gasteiger partial charge in [-0.1, -0.05) is 18.2 Å². The molecule has 0 aliphatic carbocycles. The number of nitrogens with zero attached hydrogens (tertiary/aromatic N) is 2. The van der Waals surface area contributed by atoms with E-state index in [1.165, 1.54) is 5.56 Å². The fraction of sp³-hybridized carbons (Fsp3) is 0.364. The zero-order valence-electron chi connectivity index (χ0n) is 17.1. The molecule has 1 saturated heterocycles. The first-order valence-electron chi connectivity index (χ1n) is 9.74. The zero-order chi connectivity index (χ0) is 21.7. The molecule has 0 spiro atoms. The molecule has 3 rings (SSSR count). The van der Waals surface area contributed by atoms with E-state index in [4.69, 9.17) is 10.00 Å². The molecule has 0 saturated carbocycles. The van der Waals surface area contributed by atoms with Crippen molar-refractivity contribution in [3.63, 3.8) is 0 Å². The summed E-state index contributed by atoms with van der Waals surface area (Å²) in [7, 11) is -3.41. The number of hydrogen-bond donors (Lipinski definition) is 1. The second-order valence-electron chi connectivity index (χ2n) is 7.49. The molecule has 1 heterocycles. The van der Waals surface area contributed by atoms with E-state index in [-0.39, 0.29) is 12.5 Å². The van der Waals surface area contributed by atoms with E-state index in [0.717, 1.165) is 24.7 Å². The number of anilines is 1. The SMILES string of the molecule is Cc1ccc(C(=O)N2CCC(c3ccc(OCC#N)cc3)CC2)cc1NS(C)(=O)=O. The van der Waals surface area contributed by atoms with Crippen molar-refractivity contribution < 1.29 is 17.9 Å². The topological polar surface area (TPSA) is 99.5 Å². The van der Waals surface area contributed by atoms with Crippen LogP contribution >= 0.6 is 0 Å². The summed E-state index contributed by atoms with van der Waals surface area (Å²) in [4.78, 5) is 14.7. The minimum Gasteiger partial charge on any atom is -0.479 e. The van der Waals surface area contributed by atoms with Crippen LogP contribution < -0.4 is 9.46 Å². The monoisotopic (exact) mass is 427 g/mol. The Balaban J connectivity index is 1.63. The summed E-state index contributed by atoms with van der Waals surface area (Å²) in [5.41, 5.74) is 2.86. The van der Waals surface area contributed by atoms with Gasteiger partial charge in [0, 0.05) is 18.7 Å². The molecule has 2 aromatic rings. The van der Waals surface area contributed by atoms with E-state index in [0.29, 0.717) is 36.0 Å². The van der Waals surface area contributed by atoms with Crippen LogP contribution in [0.15, 0.2) is 42.5 Å². The number of ether oxygens (including phenoxy) is 1. The van der Waals surface area contributed by atoms with Gasteiger partial charge < -0.3 is 9.64 Å². The number of rotatable bonds is 6. The van der Waals surface area contributed by atoms with Crippen molar-refractivity contribution in [2.24, 2.45) is 0 Å². The number of nitriles is 1. The second kappa shape index (κ2) is 9.18. The lowest BCUT2D eigenvalue weighted by molar-refractivity contribution is 0.0713. The fourth-order valence-corrected chi connectivity index (χ4v) is 4.23. The van der Waals surface area contributed by atoms with Crippen molar-refractivity contribution in [2.45, 2.75) is 25.7 Å². The molecular weight excluding hydrogens is 402 g/mol. The van der Waals surface area contributed by atoms with Crippen molar-refractivity contribution >= 4 is 21.6 Å². The van der Waals surface area contributed by atoms with E-state index in [1.807, 2.05) is 35.2 Å². The minimum atomic E-state index is -3.41. The smallest absolute Gasteiger partial charge is 0.253 e. The van der Waals surface area contributed by atoms with Crippen molar-refractivity contribution in [3.8, 4) is 11.8 Å². The van der Waals surface area contributed by atoms with E-state index in [2.05, 4.69) is 4.72 Å². The van der Waals surface area contributed by atoms with Crippen LogP contribution in [0.4, 0.5) is 5.69 Å². The van der Waals surface area contributed by atoms with Crippen molar-refractivity contribution in [1.82, 2.24) is 4.90 Å². The van der Waals surface area contributed by atoms with Crippen LogP contribution in [0.5, 0.6) is 5.75 Å². The molecule has 1 N–H and O–H groups in total. The highest BCUT2D eigenvalue weighted by Crippen LogP contribution is 2.30. The Kier molecular flexibility index (Phi) is 6.63. The number of carbonyl (C=O) groups is 1. The number of benzene rings is 2. The van der Waals surface area contributed by atoms with Gasteiger partial charge in [-0.05, 0) is 61.1 Å². The van der Waals surface area contributed by atoms with Crippen LogP contribution in [-0.4, -0.2) is 45.2 Å². The molecular formula is C22H25N3O4S. The van der Waals surface area contributed by atoms with Gasteiger partial charge in [-0.2, -0.15) is 5.26 Å². The van der Waals surface area contributed by atoms with Crippen LogP contribution in [0.25, 0.3) is 0 Å². The number of hydrogen-bond acceptors (Lipinski definition) is 5. The number of carbonyl (C=O) groups excluding carboxylic acids is 1. The van der Waals surface area contributed by atoms with Gasteiger partial charge in [-0.25, -0.2) is 8.42 Å². The molecule has 0 unspecified atom stereocenters. The first-order chi connectivity index (χ1) is 14.3. The Hall–Kier alpha value is -3.05. The molecule has 8 heteroatoms. The number of nitrogens with one attached hydrogen (secondary N) is 1. The van der Waals surface area contributed by atoms with Crippen molar-refractivity contribution in [2.75, 3.05) is 30.7 Å². The zero-order valence-corrected chi connectivity index (χ0v) is 17.9. The number of likely N-dealkylation sites (tertiary alicyclic amines) is 1. The lowest BCUT2D eigenvalue weighted by Crippen LogP contribution is -2.38. The molecule has 30 heavy (non-hydrogen) atoms. The highest BCUT2D eigenvalue weighted by molar-refractivity contribution is 7.92. The minimum absolute atomic E-state index is 0.0281. The Morgan fingerprint density at radius 1 is 1.20 bits per heavy atom. The largest absolute Gasteiger partial charge is 0.479 e. The molecule has 0 atom stereocenters. The van der Waals surface area contributed by atoms with Crippen molar-refractivity contribution in [3.05, 3.63) is 59.2 Å². The predicted molar refractivity (Wildman–Crippen MR) is 115 cm³/mol. The number of sulfonamides is 1. The molecule has 1 aliphatic rings. The number of amides is 1. The Morgan fingerprint density at radius 2 is 1.87 bits per heavy atom. The summed E-state index contributed by atoms with van der Waals surface area (Å²) in [5, 5.41) is 8.58. The fourth-order valence-electron chi connectivity index (χ4n) is 3.62. The Bertz CT molecular complexity index is 1050. The van der Waals surface area contributed by atoms with E-state index >= 15 is 0 Å². The molecule has 0 bridgehead atoms. The number of piperidine rings is 1. The summed E-state index contributed by atoms with van der Waals surface area (Å²) in [6, 6.07) is 14.8. The maximum atomic E-state index is 12.9. The van der Waals surface area contributed by atoms with Crippen LogP contribution in [0.3, 0.4) is 0 Å². The first-order valence-corrected chi connectivity index (χ1v) is 11.6. The molecule has 1 fully saturated rings. The molecule has 1 aliphatic heterocycles. The van der Waals surface area contributed by atoms with Gasteiger partial charge in [-0.15, -0.1) is 0 Å². The molecule has 2 aromatic carbocycles. The van der Waals surface area contributed by atoms with Gasteiger partial charge >= 0.3 is 0 Å². The van der Waals surface area contributed by atoms with Crippen LogP contribution in [0.2, 0.25) is 0 Å². The average Bonchev–Trinajstić information content (AvgIpc) is 2.73. The van der Waals surface area contributed by atoms with Gasteiger partial charge in [0.2, 0.25) is 10.0 Å². The summed E-state index contributed by atoms with van der Waals surface area (Å²) in [6.45, 7) is 3.10. The number of aryl methyl sites for hydroxylation is 1. The van der Waals surface area contributed by atoms with Crippen LogP contribution in [-0.2, 0) is 10.0 Å². The van der Waals surface area contributed by atoms with E-state index in [1.54, 1.807) is 25.1 Å². The molecule has 0 aromatic heterocycles. The molecule has 1 amide bonds. The lowest BCUT2D eigenvalue weighted by atomic mass is 9.89. The highest BCUT2D eigenvalue weighted by Gasteiger charge is 2.25. The first kappa shape index (κ1) is 21.7. The predicted octanol–water partition coefficient (Wildman–Crippen LogP) is 3.29. The quantitative estimate of drug-likeness (QED) is 0.763. The standard InChI is InChI=1S/C22H25N3O4S/c1-16-3-4-19(15-21(16)24-30(2,27)28)22(26)25-12-9-18(10-13-25)17-5-7-20(8-6-17)29-14-11-23/h3-8,15,18,24H,9-10,12-14H2,1-2H3. The Morgan fingerprint density at radius 3 is 2.47 bits per heavy atom. The highest BCUT2D eigenvalue weighted by atomic mass is 32.2. The summed E-state index contributed by atoms with van der Waals surface area (Å²) in [5.74, 6) is 0.940. The maximum Gasteiger partial charge on any atom is 0.253 e. The summed E-state index contributed by atoms with van der Waals surface area (Å²) >= 11 is 0. The van der Waals surface area contributed by atoms with E-state index in [9.17, 15) is 13.2 Å². The van der Waals surface area contributed by atoms with Gasteiger partial charge in [0.15, 0.2) is 6.61 Å². The van der Waals surface area contributed by atoms with Gasteiger partial charge in [0.1, 0.15) is 11.8 Å². The van der Waals surface area contributed by atoms with E-state index < -0.39 is 10.0 Å². The van der Waals surface area contributed by atoms with Crippen LogP contribution in [0, 0.1) is 18.3 Å². The third-order valence-corrected chi connectivity index (χ3v) is 5.81. The average molecular weight is 428 g/mol. The third kappa shape index (κ3) is 5.51. The van der Waals surface area contributed by atoms with Gasteiger partial charge in [-0.3, -0.25) is 9.52 Å². The molecule has 158 valence electrons. The second-order valence-corrected chi connectivity index (χ2v) is 9.23. The maximum absolute atomic E-state index is 12.9. The summed E-state index contributed by atoms with van der Waals surface area (Å²) < 4.78 is 30.9. The third-order valence-electron chi connectivity index (χ3n) is 5.22. The molecule has 0 radical (unpaired) electrons. The van der Waals surface area contributed by atoms with Crippen molar-refractivity contribution in [1.29, 1.82) is 5.26 Å². The van der Waals surface area contributed by atoms with Gasteiger partial charge in [0.05, 0.1) is 11.9 Å². The summed E-state index contributed by atoms with van der Waals surface area (Å²) in [6.07, 6.45) is 2.79.